The van der Waals surface area contributed by atoms with Crippen LogP contribution in [0.1, 0.15) is 29.8 Å². The Morgan fingerprint density at radius 3 is 2.03 bits per heavy atom. The second-order valence-corrected chi connectivity index (χ2v) is 6.37. The van der Waals surface area contributed by atoms with Crippen molar-refractivity contribution in [2.75, 3.05) is 11.1 Å². The van der Waals surface area contributed by atoms with Crippen LogP contribution in [0.2, 0.25) is 0 Å². The molecule has 0 aliphatic heterocycles. The van der Waals surface area contributed by atoms with Crippen molar-refractivity contribution in [3.8, 4) is 11.1 Å². The molecule has 0 aliphatic carbocycles. The van der Waals surface area contributed by atoms with Gasteiger partial charge in [0, 0.05) is 29.2 Å². The molecule has 29 heavy (non-hydrogen) atoms. The Labute approximate surface area is 168 Å². The van der Waals surface area contributed by atoms with E-state index in [9.17, 15) is 4.79 Å². The highest BCUT2D eigenvalue weighted by Crippen LogP contribution is 2.19. The molecule has 8 heteroatoms. The fraction of sp³-hybridized carbons (Fsp3) is 0.0952. The third kappa shape index (κ3) is 5.23. The SMILES string of the molecule is CC(N)=N/N=C(\C)c1ccc(NC(=O)c2ccc(-c3cnc(N)nc3)cc2)cc1. The molecular weight excluding hydrogens is 366 g/mol. The molecule has 3 aromatic rings. The van der Waals surface area contributed by atoms with E-state index >= 15 is 0 Å². The molecular formula is C21H21N7O. The summed E-state index contributed by atoms with van der Waals surface area (Å²) in [5, 5.41) is 10.8. The van der Waals surface area contributed by atoms with E-state index in [4.69, 9.17) is 11.5 Å². The topological polar surface area (TPSA) is 132 Å². The fourth-order valence-corrected chi connectivity index (χ4v) is 2.51. The second kappa shape index (κ2) is 8.75. The zero-order chi connectivity index (χ0) is 20.8. The number of nitrogens with one attached hydrogen (secondary N) is 1. The smallest absolute Gasteiger partial charge is 0.255 e. The van der Waals surface area contributed by atoms with Gasteiger partial charge in [-0.1, -0.05) is 24.3 Å². The second-order valence-electron chi connectivity index (χ2n) is 6.37. The lowest BCUT2D eigenvalue weighted by molar-refractivity contribution is 0.102. The standard InChI is InChI=1S/C21H21N7O/c1-13(27-28-14(2)22)15-7-9-19(10-8-15)26-20(29)17-5-3-16(4-6-17)18-11-24-21(23)25-12-18/h3-12H,1-2H3,(H2,22,28)(H,26,29)(H2,23,24,25)/b27-13+. The largest absolute Gasteiger partial charge is 0.386 e. The zero-order valence-corrected chi connectivity index (χ0v) is 16.1. The molecule has 0 aliphatic rings. The van der Waals surface area contributed by atoms with Crippen LogP contribution in [0.5, 0.6) is 0 Å². The molecule has 0 saturated heterocycles. The lowest BCUT2D eigenvalue weighted by Crippen LogP contribution is -2.11. The molecule has 0 unspecified atom stereocenters. The number of nitrogen functional groups attached to an aromatic ring is 1. The lowest BCUT2D eigenvalue weighted by atomic mass is 10.1. The van der Waals surface area contributed by atoms with Crippen molar-refractivity contribution >= 4 is 29.1 Å². The van der Waals surface area contributed by atoms with E-state index in [0.717, 1.165) is 22.4 Å². The number of hydrogen-bond acceptors (Lipinski definition) is 6. The molecule has 0 spiro atoms. The number of carbonyl (C=O) groups is 1. The highest BCUT2D eigenvalue weighted by molar-refractivity contribution is 6.05. The monoisotopic (exact) mass is 387 g/mol. The third-order valence-electron chi connectivity index (χ3n) is 4.07. The Kier molecular flexibility index (Phi) is 5.94. The van der Waals surface area contributed by atoms with Crippen molar-refractivity contribution in [2.45, 2.75) is 13.8 Å². The molecule has 8 nitrogen and oxygen atoms in total. The number of carbonyl (C=O) groups excluding carboxylic acids is 1. The summed E-state index contributed by atoms with van der Waals surface area (Å²) in [6.07, 6.45) is 3.29. The van der Waals surface area contributed by atoms with Crippen molar-refractivity contribution in [2.24, 2.45) is 15.9 Å². The van der Waals surface area contributed by atoms with E-state index in [0.29, 0.717) is 17.1 Å². The Balaban J connectivity index is 1.67. The molecule has 1 amide bonds. The van der Waals surface area contributed by atoms with Crippen LogP contribution in [0.4, 0.5) is 11.6 Å². The third-order valence-corrected chi connectivity index (χ3v) is 4.07. The minimum absolute atomic E-state index is 0.202. The van der Waals surface area contributed by atoms with Crippen LogP contribution >= 0.6 is 0 Å². The summed E-state index contributed by atoms with van der Waals surface area (Å²) < 4.78 is 0. The molecule has 0 fully saturated rings. The van der Waals surface area contributed by atoms with E-state index in [-0.39, 0.29) is 11.9 Å². The number of rotatable bonds is 5. The Morgan fingerprint density at radius 2 is 1.45 bits per heavy atom. The van der Waals surface area contributed by atoms with Gasteiger partial charge in [0.15, 0.2) is 0 Å². The van der Waals surface area contributed by atoms with Crippen LogP contribution in [0.15, 0.2) is 71.1 Å². The number of benzene rings is 2. The van der Waals surface area contributed by atoms with Gasteiger partial charge in [0.2, 0.25) is 5.95 Å². The van der Waals surface area contributed by atoms with Crippen molar-refractivity contribution < 1.29 is 4.79 Å². The number of amides is 1. The molecule has 2 aromatic carbocycles. The average molecular weight is 387 g/mol. The van der Waals surface area contributed by atoms with Crippen LogP contribution in [0.25, 0.3) is 11.1 Å². The van der Waals surface area contributed by atoms with Crippen molar-refractivity contribution in [1.82, 2.24) is 9.97 Å². The number of nitrogens with zero attached hydrogens (tertiary/aromatic N) is 4. The van der Waals surface area contributed by atoms with Gasteiger partial charge in [0.1, 0.15) is 5.84 Å². The Bertz CT molecular complexity index is 1050. The first kappa shape index (κ1) is 19.7. The Hall–Kier alpha value is -4.07. The maximum absolute atomic E-state index is 12.5. The van der Waals surface area contributed by atoms with Crippen molar-refractivity contribution in [1.29, 1.82) is 0 Å². The van der Waals surface area contributed by atoms with Gasteiger partial charge < -0.3 is 16.8 Å². The van der Waals surface area contributed by atoms with E-state index < -0.39 is 0 Å². The van der Waals surface area contributed by atoms with Gasteiger partial charge in [-0.3, -0.25) is 4.79 Å². The number of amidine groups is 1. The highest BCUT2D eigenvalue weighted by atomic mass is 16.1. The quantitative estimate of drug-likeness (QED) is 0.352. The molecule has 1 heterocycles. The average Bonchev–Trinajstić information content (AvgIpc) is 2.73. The predicted octanol–water partition coefficient (Wildman–Crippen LogP) is 3.08. The summed E-state index contributed by atoms with van der Waals surface area (Å²) in [5.74, 6) is 0.411. The first-order valence-corrected chi connectivity index (χ1v) is 8.86. The molecule has 5 N–H and O–H groups in total. The number of hydrogen-bond donors (Lipinski definition) is 3. The minimum atomic E-state index is -0.202. The number of aromatic nitrogens is 2. The van der Waals surface area contributed by atoms with Crippen LogP contribution in [-0.2, 0) is 0 Å². The summed E-state index contributed by atoms with van der Waals surface area (Å²) in [5.41, 5.74) is 15.6. The number of nitrogens with two attached hydrogens (primary N) is 2. The van der Waals surface area contributed by atoms with E-state index in [1.807, 2.05) is 43.3 Å². The minimum Gasteiger partial charge on any atom is -0.386 e. The van der Waals surface area contributed by atoms with Gasteiger partial charge in [0.25, 0.3) is 5.91 Å². The van der Waals surface area contributed by atoms with Gasteiger partial charge in [-0.15, -0.1) is 5.10 Å². The molecule has 0 radical (unpaired) electrons. The normalized spacial score (nSPS) is 11.9. The van der Waals surface area contributed by atoms with E-state index in [1.165, 1.54) is 0 Å². The molecule has 146 valence electrons. The first-order chi connectivity index (χ1) is 13.9. The molecule has 3 rings (SSSR count). The van der Waals surface area contributed by atoms with Crippen molar-refractivity contribution in [3.63, 3.8) is 0 Å². The predicted molar refractivity (Wildman–Crippen MR) is 116 cm³/mol. The Morgan fingerprint density at radius 1 is 0.862 bits per heavy atom. The molecule has 0 bridgehead atoms. The van der Waals surface area contributed by atoms with Gasteiger partial charge in [-0.05, 0) is 49.2 Å². The zero-order valence-electron chi connectivity index (χ0n) is 16.1. The number of anilines is 2. The molecule has 0 atom stereocenters. The van der Waals surface area contributed by atoms with Crippen LogP contribution < -0.4 is 16.8 Å². The highest BCUT2D eigenvalue weighted by Gasteiger charge is 2.08. The maximum Gasteiger partial charge on any atom is 0.255 e. The van der Waals surface area contributed by atoms with Crippen LogP contribution in [0.3, 0.4) is 0 Å². The van der Waals surface area contributed by atoms with Gasteiger partial charge in [0.05, 0.1) is 5.71 Å². The first-order valence-electron chi connectivity index (χ1n) is 8.86. The summed E-state index contributed by atoms with van der Waals surface area (Å²) >= 11 is 0. The van der Waals surface area contributed by atoms with Gasteiger partial charge >= 0.3 is 0 Å². The summed E-state index contributed by atoms with van der Waals surface area (Å²) in [4.78, 5) is 20.4. The maximum atomic E-state index is 12.5. The summed E-state index contributed by atoms with van der Waals surface area (Å²) in [7, 11) is 0. The summed E-state index contributed by atoms with van der Waals surface area (Å²) in [6.45, 7) is 3.51. The van der Waals surface area contributed by atoms with E-state index in [1.54, 1.807) is 31.5 Å². The van der Waals surface area contributed by atoms with Gasteiger partial charge in [-0.2, -0.15) is 5.10 Å². The lowest BCUT2D eigenvalue weighted by Gasteiger charge is -2.07. The summed E-state index contributed by atoms with van der Waals surface area (Å²) in [6, 6.07) is 14.5. The van der Waals surface area contributed by atoms with Crippen molar-refractivity contribution in [3.05, 3.63) is 72.1 Å². The fourth-order valence-electron chi connectivity index (χ4n) is 2.51. The van der Waals surface area contributed by atoms with Crippen LogP contribution in [0, 0.1) is 0 Å². The van der Waals surface area contributed by atoms with Crippen LogP contribution in [-0.4, -0.2) is 27.4 Å². The van der Waals surface area contributed by atoms with E-state index in [2.05, 4.69) is 25.5 Å². The molecule has 1 aromatic heterocycles. The van der Waals surface area contributed by atoms with Gasteiger partial charge in [-0.25, -0.2) is 9.97 Å². The molecule has 0 saturated carbocycles.